The molecule has 0 unspecified atom stereocenters. The first-order valence-corrected chi connectivity index (χ1v) is 7.10. The molecule has 0 fully saturated rings. The van der Waals surface area contributed by atoms with Crippen LogP contribution >= 0.6 is 11.3 Å². The number of nitrogens with zero attached hydrogens (tertiary/aromatic N) is 1. The summed E-state index contributed by atoms with van der Waals surface area (Å²) in [5.74, 6) is -0.216. The van der Waals surface area contributed by atoms with Crippen LogP contribution in [0, 0.1) is 0 Å². The van der Waals surface area contributed by atoms with Gasteiger partial charge in [-0.05, 0) is 29.6 Å². The van der Waals surface area contributed by atoms with Crippen molar-refractivity contribution in [3.8, 4) is 0 Å². The summed E-state index contributed by atoms with van der Waals surface area (Å²) in [5.41, 5.74) is 1.20. The van der Waals surface area contributed by atoms with E-state index in [4.69, 9.17) is 0 Å². The number of amides is 2. The molecule has 1 aromatic heterocycles. The average Bonchev–Trinajstić information content (AvgIpc) is 2.90. The molecule has 20 heavy (non-hydrogen) atoms. The zero-order chi connectivity index (χ0) is 14.5. The Bertz CT molecular complexity index is 608. The maximum atomic E-state index is 12.3. The van der Waals surface area contributed by atoms with Crippen molar-refractivity contribution >= 4 is 28.8 Å². The van der Waals surface area contributed by atoms with Crippen LogP contribution in [0.1, 0.15) is 22.2 Å². The van der Waals surface area contributed by atoms with Crippen LogP contribution in [0.4, 0.5) is 5.69 Å². The van der Waals surface area contributed by atoms with Crippen LogP contribution < -0.4 is 5.32 Å². The van der Waals surface area contributed by atoms with E-state index in [1.807, 2.05) is 17.5 Å². The van der Waals surface area contributed by atoms with Crippen molar-refractivity contribution in [2.24, 2.45) is 0 Å². The summed E-state index contributed by atoms with van der Waals surface area (Å²) in [6.45, 7) is 2.03. The number of rotatable bonds is 4. The van der Waals surface area contributed by atoms with Crippen molar-refractivity contribution in [1.29, 1.82) is 0 Å². The van der Waals surface area contributed by atoms with E-state index in [9.17, 15) is 9.59 Å². The molecule has 0 saturated heterocycles. The largest absolute Gasteiger partial charge is 0.337 e. The molecule has 0 aliphatic heterocycles. The molecule has 4 nitrogen and oxygen atoms in total. The van der Waals surface area contributed by atoms with Gasteiger partial charge in [-0.2, -0.15) is 0 Å². The van der Waals surface area contributed by atoms with Crippen LogP contribution in [0.2, 0.25) is 0 Å². The van der Waals surface area contributed by atoms with Crippen LogP contribution in [0.3, 0.4) is 0 Å². The van der Waals surface area contributed by atoms with Crippen molar-refractivity contribution in [3.63, 3.8) is 0 Å². The number of carbonyl (C=O) groups is 2. The Morgan fingerprint density at radius 3 is 2.70 bits per heavy atom. The Morgan fingerprint density at radius 2 is 2.05 bits per heavy atom. The molecule has 2 rings (SSSR count). The molecule has 1 aromatic carbocycles. The Labute approximate surface area is 122 Å². The predicted molar refractivity (Wildman–Crippen MR) is 80.9 cm³/mol. The van der Waals surface area contributed by atoms with Crippen molar-refractivity contribution < 1.29 is 9.59 Å². The molecule has 1 N–H and O–H groups in total. The third kappa shape index (κ3) is 3.68. The molecule has 2 aromatic rings. The van der Waals surface area contributed by atoms with E-state index in [0.29, 0.717) is 17.8 Å². The van der Waals surface area contributed by atoms with E-state index < -0.39 is 0 Å². The average molecular weight is 288 g/mol. The van der Waals surface area contributed by atoms with E-state index in [0.717, 1.165) is 4.88 Å². The zero-order valence-electron chi connectivity index (χ0n) is 11.4. The quantitative estimate of drug-likeness (QED) is 0.940. The lowest BCUT2D eigenvalue weighted by Gasteiger charge is -2.16. The van der Waals surface area contributed by atoms with Crippen LogP contribution in [0.5, 0.6) is 0 Å². The fourth-order valence-corrected chi connectivity index (χ4v) is 2.62. The standard InChI is InChI=1S/C15H16N2O2S/c1-11(18)16-13-6-3-5-12(9-13)15(19)17(2)10-14-7-4-8-20-14/h3-9H,10H2,1-2H3,(H,16,18). The first-order chi connectivity index (χ1) is 9.56. The predicted octanol–water partition coefficient (Wildman–Crippen LogP) is 2.98. The van der Waals surface area contributed by atoms with Gasteiger partial charge in [-0.1, -0.05) is 12.1 Å². The number of hydrogen-bond donors (Lipinski definition) is 1. The van der Waals surface area contributed by atoms with Crippen molar-refractivity contribution in [3.05, 3.63) is 52.2 Å². The lowest BCUT2D eigenvalue weighted by molar-refractivity contribution is -0.114. The van der Waals surface area contributed by atoms with Gasteiger partial charge >= 0.3 is 0 Å². The Morgan fingerprint density at radius 1 is 1.25 bits per heavy atom. The minimum atomic E-state index is -0.151. The molecular formula is C15H16N2O2S. The van der Waals surface area contributed by atoms with Gasteiger partial charge < -0.3 is 10.2 Å². The highest BCUT2D eigenvalue weighted by Gasteiger charge is 2.13. The molecule has 0 aliphatic carbocycles. The first-order valence-electron chi connectivity index (χ1n) is 6.22. The van der Waals surface area contributed by atoms with Crippen LogP contribution in [-0.2, 0) is 11.3 Å². The summed E-state index contributed by atoms with van der Waals surface area (Å²) in [4.78, 5) is 26.2. The maximum Gasteiger partial charge on any atom is 0.253 e. The SMILES string of the molecule is CC(=O)Nc1cccc(C(=O)N(C)Cc2cccs2)c1. The summed E-state index contributed by atoms with van der Waals surface area (Å²) >= 11 is 1.62. The third-order valence-electron chi connectivity index (χ3n) is 2.75. The van der Waals surface area contributed by atoms with Gasteiger partial charge in [0.15, 0.2) is 0 Å². The van der Waals surface area contributed by atoms with E-state index in [-0.39, 0.29) is 11.8 Å². The van der Waals surface area contributed by atoms with Crippen LogP contribution in [-0.4, -0.2) is 23.8 Å². The first kappa shape index (κ1) is 14.3. The molecule has 0 radical (unpaired) electrons. The van der Waals surface area contributed by atoms with E-state index in [1.54, 1.807) is 47.5 Å². The van der Waals surface area contributed by atoms with E-state index >= 15 is 0 Å². The highest BCUT2D eigenvalue weighted by atomic mass is 32.1. The number of thiophene rings is 1. The fourth-order valence-electron chi connectivity index (χ4n) is 1.86. The molecule has 2 amide bonds. The molecule has 0 atom stereocenters. The van der Waals surface area contributed by atoms with Gasteiger partial charge in [-0.3, -0.25) is 9.59 Å². The van der Waals surface area contributed by atoms with Gasteiger partial charge in [-0.25, -0.2) is 0 Å². The topological polar surface area (TPSA) is 49.4 Å². The normalized spacial score (nSPS) is 10.1. The maximum absolute atomic E-state index is 12.3. The zero-order valence-corrected chi connectivity index (χ0v) is 12.2. The van der Waals surface area contributed by atoms with Crippen LogP contribution in [0.15, 0.2) is 41.8 Å². The second-order valence-corrected chi connectivity index (χ2v) is 5.53. The molecular weight excluding hydrogens is 272 g/mol. The second kappa shape index (κ2) is 6.34. The van der Waals surface area contributed by atoms with Gasteiger partial charge in [0, 0.05) is 30.1 Å². The highest BCUT2D eigenvalue weighted by molar-refractivity contribution is 7.09. The van der Waals surface area contributed by atoms with Crippen molar-refractivity contribution in [1.82, 2.24) is 4.90 Å². The summed E-state index contributed by atoms with van der Waals surface area (Å²) in [6.07, 6.45) is 0. The lowest BCUT2D eigenvalue weighted by atomic mass is 10.1. The lowest BCUT2D eigenvalue weighted by Crippen LogP contribution is -2.25. The number of anilines is 1. The van der Waals surface area contributed by atoms with E-state index in [2.05, 4.69) is 5.32 Å². The van der Waals surface area contributed by atoms with Gasteiger partial charge in [0.1, 0.15) is 0 Å². The summed E-state index contributed by atoms with van der Waals surface area (Å²) in [6, 6.07) is 10.9. The number of nitrogens with one attached hydrogen (secondary N) is 1. The van der Waals surface area contributed by atoms with Gasteiger partial charge in [-0.15, -0.1) is 11.3 Å². The number of benzene rings is 1. The molecule has 104 valence electrons. The van der Waals surface area contributed by atoms with Gasteiger partial charge in [0.05, 0.1) is 6.54 Å². The smallest absolute Gasteiger partial charge is 0.253 e. The van der Waals surface area contributed by atoms with E-state index in [1.165, 1.54) is 6.92 Å². The van der Waals surface area contributed by atoms with Crippen molar-refractivity contribution in [2.75, 3.05) is 12.4 Å². The van der Waals surface area contributed by atoms with Crippen molar-refractivity contribution in [2.45, 2.75) is 13.5 Å². The molecule has 0 saturated carbocycles. The van der Waals surface area contributed by atoms with Gasteiger partial charge in [0.2, 0.25) is 5.91 Å². The van der Waals surface area contributed by atoms with Crippen LogP contribution in [0.25, 0.3) is 0 Å². The fraction of sp³-hybridized carbons (Fsp3) is 0.200. The Kier molecular flexibility index (Phi) is 4.53. The molecule has 0 bridgehead atoms. The monoisotopic (exact) mass is 288 g/mol. The Hall–Kier alpha value is -2.14. The molecule has 5 heteroatoms. The minimum Gasteiger partial charge on any atom is -0.337 e. The Balaban J connectivity index is 2.10. The molecule has 0 aliphatic rings. The summed E-state index contributed by atoms with van der Waals surface area (Å²) in [5, 5.41) is 4.67. The van der Waals surface area contributed by atoms with Gasteiger partial charge in [0.25, 0.3) is 5.91 Å². The second-order valence-electron chi connectivity index (χ2n) is 4.50. The number of hydrogen-bond acceptors (Lipinski definition) is 3. The summed E-state index contributed by atoms with van der Waals surface area (Å²) in [7, 11) is 1.77. The third-order valence-corrected chi connectivity index (χ3v) is 3.61. The highest BCUT2D eigenvalue weighted by Crippen LogP contribution is 2.15. The number of carbonyl (C=O) groups excluding carboxylic acids is 2. The molecule has 1 heterocycles. The minimum absolute atomic E-state index is 0.0643. The summed E-state index contributed by atoms with van der Waals surface area (Å²) < 4.78 is 0. The molecule has 0 spiro atoms.